The number of nitrogens with two attached hydrogens (primary N) is 1. The fourth-order valence-electron chi connectivity index (χ4n) is 2.91. The average molecular weight is 315 g/mol. The Bertz CT molecular complexity index is 548. The van der Waals surface area contributed by atoms with Crippen LogP contribution in [0.5, 0.6) is 0 Å². The molecule has 1 heterocycles. The third-order valence-electron chi connectivity index (χ3n) is 3.96. The summed E-state index contributed by atoms with van der Waals surface area (Å²) >= 11 is 0. The monoisotopic (exact) mass is 315 g/mol. The molecule has 1 aliphatic rings. The summed E-state index contributed by atoms with van der Waals surface area (Å²) in [5.41, 5.74) is 6.39. The molecule has 1 aromatic heterocycles. The number of rotatable bonds is 6. The Kier molecular flexibility index (Phi) is 5.40. The molecule has 0 aromatic carbocycles. The van der Waals surface area contributed by atoms with Crippen LogP contribution in [0.1, 0.15) is 50.5 Å². The summed E-state index contributed by atoms with van der Waals surface area (Å²) in [5, 5.41) is 3.80. The van der Waals surface area contributed by atoms with Gasteiger partial charge >= 0.3 is 0 Å². The number of hydrogen-bond acceptors (Lipinski definition) is 5. The zero-order valence-electron chi connectivity index (χ0n) is 12.8. The van der Waals surface area contributed by atoms with Crippen LogP contribution in [0.15, 0.2) is 10.6 Å². The second kappa shape index (κ2) is 6.89. The Morgan fingerprint density at radius 2 is 2.05 bits per heavy atom. The van der Waals surface area contributed by atoms with E-state index in [1.807, 2.05) is 6.92 Å². The van der Waals surface area contributed by atoms with E-state index in [2.05, 4.69) is 5.16 Å². The normalized spacial score (nSPS) is 23.6. The van der Waals surface area contributed by atoms with Gasteiger partial charge in [0.25, 0.3) is 0 Å². The molecule has 0 radical (unpaired) electrons. The predicted molar refractivity (Wildman–Crippen MR) is 81.1 cm³/mol. The van der Waals surface area contributed by atoms with Crippen LogP contribution in [0.2, 0.25) is 0 Å². The molecule has 6 nitrogen and oxygen atoms in total. The summed E-state index contributed by atoms with van der Waals surface area (Å²) in [6, 6.07) is 1.96. The maximum absolute atomic E-state index is 12.7. The highest BCUT2D eigenvalue weighted by molar-refractivity contribution is 7.88. The minimum atomic E-state index is -3.37. The van der Waals surface area contributed by atoms with Crippen LogP contribution in [0.25, 0.3) is 0 Å². The first-order valence-electron chi connectivity index (χ1n) is 7.59. The smallest absolute Gasteiger partial charge is 0.220 e. The standard InChI is InChI=1S/C14H25N3O3S/c1-3-8-17(14-6-4-12(15)5-7-14)21(18,19)10-13-9-11(2)20-16-13/h9,12,14H,3-8,10,15H2,1-2H3. The zero-order chi connectivity index (χ0) is 15.5. The van der Waals surface area contributed by atoms with Gasteiger partial charge in [0.1, 0.15) is 17.2 Å². The molecule has 0 spiro atoms. The van der Waals surface area contributed by atoms with Crippen molar-refractivity contribution >= 4 is 10.0 Å². The molecule has 0 saturated heterocycles. The first-order valence-corrected chi connectivity index (χ1v) is 9.20. The van der Waals surface area contributed by atoms with Crippen molar-refractivity contribution in [1.82, 2.24) is 9.46 Å². The second-order valence-corrected chi connectivity index (χ2v) is 7.79. The molecule has 0 amide bonds. The molecule has 2 rings (SSSR count). The van der Waals surface area contributed by atoms with E-state index in [0.717, 1.165) is 32.1 Å². The van der Waals surface area contributed by atoms with Gasteiger partial charge in [-0.15, -0.1) is 0 Å². The molecule has 0 aliphatic heterocycles. The lowest BCUT2D eigenvalue weighted by atomic mass is 9.92. The van der Waals surface area contributed by atoms with Crippen molar-refractivity contribution in [2.24, 2.45) is 5.73 Å². The van der Waals surface area contributed by atoms with Crippen molar-refractivity contribution in [3.8, 4) is 0 Å². The largest absolute Gasteiger partial charge is 0.361 e. The summed E-state index contributed by atoms with van der Waals surface area (Å²) in [6.07, 6.45) is 4.28. The molecule has 1 fully saturated rings. The van der Waals surface area contributed by atoms with Gasteiger partial charge in [0, 0.05) is 24.7 Å². The first-order chi connectivity index (χ1) is 9.92. The first kappa shape index (κ1) is 16.5. The maximum atomic E-state index is 12.7. The number of sulfonamides is 1. The maximum Gasteiger partial charge on any atom is 0.220 e. The SMILES string of the molecule is CCCN(C1CCC(N)CC1)S(=O)(=O)Cc1cc(C)on1. The fourth-order valence-corrected chi connectivity index (χ4v) is 4.72. The lowest BCUT2D eigenvalue weighted by Crippen LogP contribution is -2.45. The van der Waals surface area contributed by atoms with E-state index in [9.17, 15) is 8.42 Å². The van der Waals surface area contributed by atoms with Crippen molar-refractivity contribution in [2.45, 2.75) is 63.8 Å². The molecule has 1 saturated carbocycles. The molecule has 2 N–H and O–H groups in total. The number of aromatic nitrogens is 1. The topological polar surface area (TPSA) is 89.4 Å². The van der Waals surface area contributed by atoms with E-state index in [0.29, 0.717) is 18.0 Å². The summed E-state index contributed by atoms with van der Waals surface area (Å²) in [7, 11) is -3.37. The molecular formula is C14H25N3O3S. The van der Waals surface area contributed by atoms with Crippen LogP contribution >= 0.6 is 0 Å². The molecular weight excluding hydrogens is 290 g/mol. The van der Waals surface area contributed by atoms with Crippen molar-refractivity contribution in [3.63, 3.8) is 0 Å². The van der Waals surface area contributed by atoms with Crippen molar-refractivity contribution < 1.29 is 12.9 Å². The van der Waals surface area contributed by atoms with Gasteiger partial charge < -0.3 is 10.3 Å². The van der Waals surface area contributed by atoms with Crippen LogP contribution in [-0.2, 0) is 15.8 Å². The Balaban J connectivity index is 2.11. The number of hydrogen-bond donors (Lipinski definition) is 1. The highest BCUT2D eigenvalue weighted by Gasteiger charge is 2.32. The van der Waals surface area contributed by atoms with Gasteiger partial charge in [-0.3, -0.25) is 0 Å². The van der Waals surface area contributed by atoms with Crippen LogP contribution in [0.3, 0.4) is 0 Å². The van der Waals surface area contributed by atoms with Crippen molar-refractivity contribution in [2.75, 3.05) is 6.54 Å². The van der Waals surface area contributed by atoms with Gasteiger partial charge in [-0.05, 0) is 39.0 Å². The molecule has 1 aliphatic carbocycles. The number of nitrogens with zero attached hydrogens (tertiary/aromatic N) is 2. The van der Waals surface area contributed by atoms with Crippen LogP contribution in [0.4, 0.5) is 0 Å². The van der Waals surface area contributed by atoms with Gasteiger partial charge in [-0.25, -0.2) is 8.42 Å². The lowest BCUT2D eigenvalue weighted by molar-refractivity contribution is 0.240. The van der Waals surface area contributed by atoms with Crippen LogP contribution in [-0.4, -0.2) is 36.5 Å². The van der Waals surface area contributed by atoms with Crippen molar-refractivity contribution in [1.29, 1.82) is 0 Å². The molecule has 7 heteroatoms. The Labute approximate surface area is 126 Å². The highest BCUT2D eigenvalue weighted by Crippen LogP contribution is 2.26. The lowest BCUT2D eigenvalue weighted by Gasteiger charge is -2.35. The van der Waals surface area contributed by atoms with Gasteiger partial charge in [0.05, 0.1) is 0 Å². The molecule has 0 bridgehead atoms. The van der Waals surface area contributed by atoms with Gasteiger partial charge in [0.15, 0.2) is 0 Å². The summed E-state index contributed by atoms with van der Waals surface area (Å²) < 4.78 is 32.0. The predicted octanol–water partition coefficient (Wildman–Crippen LogP) is 1.79. The summed E-state index contributed by atoms with van der Waals surface area (Å²) in [4.78, 5) is 0. The highest BCUT2D eigenvalue weighted by atomic mass is 32.2. The molecule has 0 atom stereocenters. The van der Waals surface area contributed by atoms with Gasteiger partial charge in [-0.1, -0.05) is 12.1 Å². The van der Waals surface area contributed by atoms with Gasteiger partial charge in [0.2, 0.25) is 10.0 Å². The van der Waals surface area contributed by atoms with Crippen molar-refractivity contribution in [3.05, 3.63) is 17.5 Å². The fraction of sp³-hybridized carbons (Fsp3) is 0.786. The Morgan fingerprint density at radius 3 is 2.57 bits per heavy atom. The van der Waals surface area contributed by atoms with E-state index < -0.39 is 10.0 Å². The quantitative estimate of drug-likeness (QED) is 0.864. The van der Waals surface area contributed by atoms with E-state index in [4.69, 9.17) is 10.3 Å². The molecule has 0 unspecified atom stereocenters. The molecule has 120 valence electrons. The van der Waals surface area contributed by atoms with Gasteiger partial charge in [-0.2, -0.15) is 4.31 Å². The minimum Gasteiger partial charge on any atom is -0.361 e. The summed E-state index contributed by atoms with van der Waals surface area (Å²) in [5.74, 6) is 0.540. The van der Waals surface area contributed by atoms with Crippen LogP contribution < -0.4 is 5.73 Å². The third-order valence-corrected chi connectivity index (χ3v) is 5.81. The summed E-state index contributed by atoms with van der Waals surface area (Å²) in [6.45, 7) is 4.31. The average Bonchev–Trinajstić information content (AvgIpc) is 2.82. The second-order valence-electron chi connectivity index (χ2n) is 5.86. The molecule has 21 heavy (non-hydrogen) atoms. The third kappa shape index (κ3) is 4.28. The van der Waals surface area contributed by atoms with Crippen LogP contribution in [0, 0.1) is 6.92 Å². The minimum absolute atomic E-state index is 0.0720. The Morgan fingerprint density at radius 1 is 1.38 bits per heavy atom. The van der Waals surface area contributed by atoms with E-state index in [-0.39, 0.29) is 17.8 Å². The number of aryl methyl sites for hydroxylation is 1. The zero-order valence-corrected chi connectivity index (χ0v) is 13.6. The molecule has 1 aromatic rings. The Hall–Kier alpha value is -0.920. The van der Waals surface area contributed by atoms with E-state index in [1.165, 1.54) is 0 Å². The van der Waals surface area contributed by atoms with E-state index >= 15 is 0 Å². The van der Waals surface area contributed by atoms with E-state index in [1.54, 1.807) is 17.3 Å².